The van der Waals surface area contributed by atoms with Crippen LogP contribution in [0.15, 0.2) is 18.2 Å². The number of anilines is 2. The second-order valence-electron chi connectivity index (χ2n) is 9.38. The van der Waals surface area contributed by atoms with Crippen LogP contribution in [0.25, 0.3) is 0 Å². The Bertz CT molecular complexity index is 791. The van der Waals surface area contributed by atoms with Crippen LogP contribution in [-0.4, -0.2) is 119 Å². The second kappa shape index (κ2) is 12.6. The second-order valence-corrected chi connectivity index (χ2v) is 9.38. The van der Waals surface area contributed by atoms with Crippen LogP contribution in [0.5, 0.6) is 0 Å². The highest BCUT2D eigenvalue weighted by Crippen LogP contribution is 2.30. The first-order valence-electron chi connectivity index (χ1n) is 12.2. The molecule has 4 atom stereocenters. The molecule has 0 aromatic heterocycles. The fourth-order valence-corrected chi connectivity index (χ4v) is 4.74. The molecule has 2 heterocycles. The van der Waals surface area contributed by atoms with Gasteiger partial charge in [-0.25, -0.2) is 0 Å². The van der Waals surface area contributed by atoms with Crippen molar-refractivity contribution < 1.29 is 25.3 Å². The molecule has 1 aromatic carbocycles. The Kier molecular flexibility index (Phi) is 9.86. The fraction of sp³-hybridized carbons (Fsp3) is 0.739. The van der Waals surface area contributed by atoms with E-state index in [0.29, 0.717) is 18.8 Å². The van der Waals surface area contributed by atoms with Crippen molar-refractivity contribution in [3.63, 3.8) is 0 Å². The van der Waals surface area contributed by atoms with Gasteiger partial charge in [0.2, 0.25) is 0 Å². The largest absolute Gasteiger partial charge is 0.395 e. The van der Waals surface area contributed by atoms with E-state index in [1.165, 1.54) is 0 Å². The van der Waals surface area contributed by atoms with Gasteiger partial charge in [-0.2, -0.15) is 0 Å². The summed E-state index contributed by atoms with van der Waals surface area (Å²) in [5, 5.41) is 54.0. The van der Waals surface area contributed by atoms with E-state index in [-0.39, 0.29) is 23.8 Å². The van der Waals surface area contributed by atoms with E-state index in [9.17, 15) is 30.5 Å². The molecule has 2 aliphatic rings. The molecule has 2 saturated heterocycles. The Hall–Kier alpha value is -2.02. The molecular formula is C23H39N5O6. The molecule has 11 nitrogen and oxygen atoms in total. The summed E-state index contributed by atoms with van der Waals surface area (Å²) in [6.07, 6.45) is 0.0701. The van der Waals surface area contributed by atoms with E-state index in [1.54, 1.807) is 6.07 Å². The molecule has 11 heteroatoms. The number of β-amino-alcohol motifs (C(OH)–C–C–N with tert-alkyl or cyclic N) is 1. The highest BCUT2D eigenvalue weighted by molar-refractivity contribution is 5.69. The van der Waals surface area contributed by atoms with Crippen molar-refractivity contribution in [2.75, 3.05) is 69.7 Å². The van der Waals surface area contributed by atoms with Gasteiger partial charge in [0.15, 0.2) is 0 Å². The first-order valence-corrected chi connectivity index (χ1v) is 12.2. The first kappa shape index (κ1) is 26.6. The van der Waals surface area contributed by atoms with E-state index < -0.39 is 24.4 Å². The van der Waals surface area contributed by atoms with Gasteiger partial charge in [0, 0.05) is 51.0 Å². The number of hydrogen-bond acceptors (Lipinski definition) is 10. The zero-order chi connectivity index (χ0) is 24.7. The fourth-order valence-electron chi connectivity index (χ4n) is 4.74. The molecule has 0 radical (unpaired) electrons. The third-order valence-corrected chi connectivity index (χ3v) is 6.95. The van der Waals surface area contributed by atoms with E-state index in [0.717, 1.165) is 57.5 Å². The van der Waals surface area contributed by atoms with Gasteiger partial charge in [-0.1, -0.05) is 12.8 Å². The van der Waals surface area contributed by atoms with Crippen molar-refractivity contribution >= 4 is 17.1 Å². The van der Waals surface area contributed by atoms with Crippen LogP contribution in [-0.2, 0) is 0 Å². The molecule has 3 rings (SSSR count). The predicted molar refractivity (Wildman–Crippen MR) is 130 cm³/mol. The van der Waals surface area contributed by atoms with Crippen molar-refractivity contribution in [2.24, 2.45) is 0 Å². The number of likely N-dealkylation sites (N-methyl/N-ethyl adjacent to an activating group) is 1. The first-order chi connectivity index (χ1) is 16.3. The van der Waals surface area contributed by atoms with Crippen LogP contribution in [0.4, 0.5) is 17.1 Å². The minimum absolute atomic E-state index is 0.0809. The molecule has 0 saturated carbocycles. The lowest BCUT2D eigenvalue weighted by Crippen LogP contribution is -2.62. The van der Waals surface area contributed by atoms with Gasteiger partial charge in [0.1, 0.15) is 17.9 Å². The van der Waals surface area contributed by atoms with Crippen molar-refractivity contribution in [2.45, 2.75) is 50.0 Å². The number of nitro benzene ring substituents is 1. The molecule has 34 heavy (non-hydrogen) atoms. The minimum Gasteiger partial charge on any atom is -0.395 e. The number of unbranched alkanes of at least 4 members (excludes halogenated alkanes) is 3. The lowest BCUT2D eigenvalue weighted by atomic mass is 9.94. The predicted octanol–water partition coefficient (Wildman–Crippen LogP) is 0.0781. The third-order valence-electron chi connectivity index (χ3n) is 6.95. The molecule has 2 aliphatic heterocycles. The number of piperidine rings is 1. The Labute approximate surface area is 200 Å². The number of benzene rings is 1. The number of likely N-dealkylation sites (tertiary alicyclic amines) is 1. The molecule has 2 fully saturated rings. The molecule has 0 bridgehead atoms. The Balaban J connectivity index is 1.42. The lowest BCUT2D eigenvalue weighted by molar-refractivity contribution is -0.383. The van der Waals surface area contributed by atoms with Crippen LogP contribution in [0.3, 0.4) is 0 Å². The summed E-state index contributed by atoms with van der Waals surface area (Å²) in [5.41, 5.74) is 1.62. The average Bonchev–Trinajstić information content (AvgIpc) is 2.82. The topological polar surface area (TPSA) is 146 Å². The van der Waals surface area contributed by atoms with Gasteiger partial charge in [-0.3, -0.25) is 15.0 Å². The maximum atomic E-state index is 11.5. The zero-order valence-electron chi connectivity index (χ0n) is 19.9. The molecular weight excluding hydrogens is 442 g/mol. The SMILES string of the molecule is CN1CCN(c2ccc([N+](=O)[O-])c(NCCCCCCN3C[C@H](O)[C@@H](O)[C@H](O)[C@H]3CO)c2)CC1. The smallest absolute Gasteiger partial charge is 0.292 e. The number of rotatable bonds is 11. The molecule has 1 aromatic rings. The summed E-state index contributed by atoms with van der Waals surface area (Å²) >= 11 is 0. The standard InChI is InChI=1S/C23H39N5O6/c1-25-10-12-26(13-11-25)17-6-7-19(28(33)34)18(14-17)24-8-4-2-3-5-9-27-15-21(30)23(32)22(31)20(27)16-29/h6-7,14,20-24,29-32H,2-5,8-13,15-16H2,1H3/t20-,21+,22-,23-/m1/s1. The van der Waals surface area contributed by atoms with Gasteiger partial charge in [-0.05, 0) is 38.6 Å². The van der Waals surface area contributed by atoms with Crippen LogP contribution < -0.4 is 10.2 Å². The summed E-state index contributed by atoms with van der Waals surface area (Å²) in [7, 11) is 2.09. The highest BCUT2D eigenvalue weighted by atomic mass is 16.6. The lowest BCUT2D eigenvalue weighted by Gasteiger charge is -2.43. The monoisotopic (exact) mass is 481 g/mol. The van der Waals surface area contributed by atoms with Gasteiger partial charge in [0.25, 0.3) is 5.69 Å². The molecule has 0 spiro atoms. The maximum absolute atomic E-state index is 11.5. The summed E-state index contributed by atoms with van der Waals surface area (Å²) in [5.74, 6) is 0. The minimum atomic E-state index is -1.24. The van der Waals surface area contributed by atoms with Gasteiger partial charge in [0.05, 0.1) is 23.7 Å². The van der Waals surface area contributed by atoms with E-state index in [4.69, 9.17) is 0 Å². The number of piperazine rings is 1. The van der Waals surface area contributed by atoms with E-state index in [1.807, 2.05) is 17.0 Å². The Morgan fingerprint density at radius 2 is 1.76 bits per heavy atom. The molecule has 0 unspecified atom stereocenters. The van der Waals surface area contributed by atoms with Crippen LogP contribution in [0.1, 0.15) is 25.7 Å². The number of nitro groups is 1. The van der Waals surface area contributed by atoms with Crippen LogP contribution in [0, 0.1) is 10.1 Å². The zero-order valence-corrected chi connectivity index (χ0v) is 19.9. The Morgan fingerprint density at radius 3 is 2.44 bits per heavy atom. The number of nitrogens with one attached hydrogen (secondary N) is 1. The summed E-state index contributed by atoms with van der Waals surface area (Å²) < 4.78 is 0. The molecule has 192 valence electrons. The maximum Gasteiger partial charge on any atom is 0.292 e. The number of aliphatic hydroxyl groups is 4. The van der Waals surface area contributed by atoms with Gasteiger partial charge >= 0.3 is 0 Å². The van der Waals surface area contributed by atoms with Gasteiger partial charge in [-0.15, -0.1) is 0 Å². The van der Waals surface area contributed by atoms with E-state index >= 15 is 0 Å². The normalized spacial score (nSPS) is 26.6. The van der Waals surface area contributed by atoms with Crippen molar-refractivity contribution in [1.29, 1.82) is 0 Å². The molecule has 0 aliphatic carbocycles. The number of aliphatic hydroxyl groups excluding tert-OH is 4. The van der Waals surface area contributed by atoms with Crippen molar-refractivity contribution in [1.82, 2.24) is 9.80 Å². The number of hydrogen-bond donors (Lipinski definition) is 5. The van der Waals surface area contributed by atoms with Crippen molar-refractivity contribution in [3.8, 4) is 0 Å². The summed E-state index contributed by atoms with van der Waals surface area (Å²) in [4.78, 5) is 17.5. The molecule has 0 amide bonds. The third kappa shape index (κ3) is 6.77. The Morgan fingerprint density at radius 1 is 1.06 bits per heavy atom. The van der Waals surface area contributed by atoms with Gasteiger partial charge < -0.3 is 35.5 Å². The quantitative estimate of drug-likeness (QED) is 0.167. The number of nitrogens with zero attached hydrogens (tertiary/aromatic N) is 4. The van der Waals surface area contributed by atoms with E-state index in [2.05, 4.69) is 22.2 Å². The highest BCUT2D eigenvalue weighted by Gasteiger charge is 2.40. The van der Waals surface area contributed by atoms with Crippen LogP contribution >= 0.6 is 0 Å². The van der Waals surface area contributed by atoms with Crippen LogP contribution in [0.2, 0.25) is 0 Å². The summed E-state index contributed by atoms with van der Waals surface area (Å²) in [6, 6.07) is 4.70. The molecule has 5 N–H and O–H groups in total. The summed E-state index contributed by atoms with van der Waals surface area (Å²) in [6.45, 7) is 4.91. The van der Waals surface area contributed by atoms with Crippen molar-refractivity contribution in [3.05, 3.63) is 28.3 Å². The average molecular weight is 482 g/mol.